The van der Waals surface area contributed by atoms with Crippen LogP contribution in [-0.2, 0) is 13.6 Å². The predicted octanol–water partition coefficient (Wildman–Crippen LogP) is 3.30. The summed E-state index contributed by atoms with van der Waals surface area (Å²) in [6, 6.07) is 8.19. The smallest absolute Gasteiger partial charge is 0.0865 e. The van der Waals surface area contributed by atoms with Crippen molar-refractivity contribution in [3.63, 3.8) is 0 Å². The number of benzene rings is 1. The standard InChI is InChI=1S/C13H16ClN3/c1-9-6-4-5-7-11(9)15-8-12-13(14)10(2)16-17(12)3/h4-7,15H,8H2,1-3H3. The van der Waals surface area contributed by atoms with Gasteiger partial charge in [0.15, 0.2) is 0 Å². The van der Waals surface area contributed by atoms with Crippen LogP contribution in [0.1, 0.15) is 17.0 Å². The molecule has 0 saturated carbocycles. The fraction of sp³-hybridized carbons (Fsp3) is 0.308. The Morgan fingerprint density at radius 3 is 2.59 bits per heavy atom. The number of hydrogen-bond donors (Lipinski definition) is 1. The molecule has 2 rings (SSSR count). The lowest BCUT2D eigenvalue weighted by Crippen LogP contribution is -2.06. The number of aromatic nitrogens is 2. The van der Waals surface area contributed by atoms with Crippen LogP contribution in [0.3, 0.4) is 0 Å². The summed E-state index contributed by atoms with van der Waals surface area (Å²) in [7, 11) is 1.91. The maximum atomic E-state index is 6.20. The molecule has 0 aliphatic rings. The molecular weight excluding hydrogens is 234 g/mol. The van der Waals surface area contributed by atoms with Gasteiger partial charge in [-0.15, -0.1) is 0 Å². The zero-order valence-corrected chi connectivity index (χ0v) is 11.0. The maximum absolute atomic E-state index is 6.20. The molecule has 17 heavy (non-hydrogen) atoms. The van der Waals surface area contributed by atoms with Crippen LogP contribution in [0.4, 0.5) is 5.69 Å². The molecule has 0 unspecified atom stereocenters. The molecule has 2 aromatic rings. The van der Waals surface area contributed by atoms with E-state index < -0.39 is 0 Å². The van der Waals surface area contributed by atoms with E-state index in [0.717, 1.165) is 22.1 Å². The molecule has 0 aliphatic carbocycles. The van der Waals surface area contributed by atoms with Crippen LogP contribution in [0.5, 0.6) is 0 Å². The highest BCUT2D eigenvalue weighted by atomic mass is 35.5. The van der Waals surface area contributed by atoms with Crippen molar-refractivity contribution in [2.24, 2.45) is 7.05 Å². The molecule has 0 spiro atoms. The summed E-state index contributed by atoms with van der Waals surface area (Å²) in [4.78, 5) is 0. The topological polar surface area (TPSA) is 29.9 Å². The molecule has 90 valence electrons. The first-order chi connectivity index (χ1) is 8.09. The van der Waals surface area contributed by atoms with E-state index in [-0.39, 0.29) is 0 Å². The zero-order valence-electron chi connectivity index (χ0n) is 10.3. The number of hydrogen-bond acceptors (Lipinski definition) is 2. The monoisotopic (exact) mass is 249 g/mol. The Hall–Kier alpha value is -1.48. The van der Waals surface area contributed by atoms with Crippen LogP contribution in [0.2, 0.25) is 5.02 Å². The number of para-hydroxylation sites is 1. The first kappa shape index (κ1) is 12.0. The molecule has 0 aliphatic heterocycles. The minimum Gasteiger partial charge on any atom is -0.379 e. The summed E-state index contributed by atoms with van der Waals surface area (Å²) < 4.78 is 1.82. The molecule has 3 nitrogen and oxygen atoms in total. The lowest BCUT2D eigenvalue weighted by atomic mass is 10.2. The molecule has 0 amide bonds. The zero-order chi connectivity index (χ0) is 12.4. The second kappa shape index (κ2) is 4.80. The number of aryl methyl sites for hydroxylation is 3. The van der Waals surface area contributed by atoms with E-state index in [1.54, 1.807) is 0 Å². The largest absolute Gasteiger partial charge is 0.379 e. The molecule has 0 bridgehead atoms. The first-order valence-corrected chi connectivity index (χ1v) is 5.95. The first-order valence-electron chi connectivity index (χ1n) is 5.57. The molecule has 1 heterocycles. The van der Waals surface area contributed by atoms with E-state index in [0.29, 0.717) is 6.54 Å². The van der Waals surface area contributed by atoms with Gasteiger partial charge in [0.2, 0.25) is 0 Å². The van der Waals surface area contributed by atoms with Crippen molar-refractivity contribution in [1.82, 2.24) is 9.78 Å². The van der Waals surface area contributed by atoms with Crippen molar-refractivity contribution < 1.29 is 0 Å². The Kier molecular flexibility index (Phi) is 3.38. The second-order valence-corrected chi connectivity index (χ2v) is 4.52. The van der Waals surface area contributed by atoms with E-state index in [9.17, 15) is 0 Å². The van der Waals surface area contributed by atoms with Gasteiger partial charge in [0.05, 0.1) is 23.0 Å². The van der Waals surface area contributed by atoms with E-state index in [1.165, 1.54) is 5.56 Å². The molecule has 0 atom stereocenters. The van der Waals surface area contributed by atoms with E-state index in [1.807, 2.05) is 30.8 Å². The molecule has 1 aromatic heterocycles. The second-order valence-electron chi connectivity index (χ2n) is 4.14. The van der Waals surface area contributed by atoms with Gasteiger partial charge in [0.25, 0.3) is 0 Å². The summed E-state index contributed by atoms with van der Waals surface area (Å²) >= 11 is 6.20. The van der Waals surface area contributed by atoms with Gasteiger partial charge in [-0.3, -0.25) is 4.68 Å². The fourth-order valence-corrected chi connectivity index (χ4v) is 2.05. The van der Waals surface area contributed by atoms with Crippen LogP contribution in [0.15, 0.2) is 24.3 Å². The van der Waals surface area contributed by atoms with Crippen molar-refractivity contribution in [2.45, 2.75) is 20.4 Å². The number of nitrogens with one attached hydrogen (secondary N) is 1. The third-order valence-corrected chi connectivity index (χ3v) is 3.34. The van der Waals surface area contributed by atoms with Crippen molar-refractivity contribution in [2.75, 3.05) is 5.32 Å². The highest BCUT2D eigenvalue weighted by molar-refractivity contribution is 6.31. The molecule has 0 saturated heterocycles. The lowest BCUT2D eigenvalue weighted by Gasteiger charge is -2.09. The summed E-state index contributed by atoms with van der Waals surface area (Å²) in [6.45, 7) is 4.68. The average Bonchev–Trinajstić information content (AvgIpc) is 2.53. The van der Waals surface area contributed by atoms with Crippen molar-refractivity contribution in [3.8, 4) is 0 Å². The minimum atomic E-state index is 0.682. The van der Waals surface area contributed by atoms with Gasteiger partial charge in [0.1, 0.15) is 0 Å². The average molecular weight is 250 g/mol. The third kappa shape index (κ3) is 2.44. The van der Waals surface area contributed by atoms with Crippen molar-refractivity contribution in [3.05, 3.63) is 46.2 Å². The summed E-state index contributed by atoms with van der Waals surface area (Å²) in [5, 5.41) is 8.41. The van der Waals surface area contributed by atoms with Gasteiger partial charge >= 0.3 is 0 Å². The van der Waals surface area contributed by atoms with Gasteiger partial charge in [-0.25, -0.2) is 0 Å². The number of halogens is 1. The highest BCUT2D eigenvalue weighted by Gasteiger charge is 2.10. The Balaban J connectivity index is 2.15. The van der Waals surface area contributed by atoms with Crippen LogP contribution in [0.25, 0.3) is 0 Å². The predicted molar refractivity (Wildman–Crippen MR) is 71.5 cm³/mol. The van der Waals surface area contributed by atoms with Gasteiger partial charge in [-0.1, -0.05) is 29.8 Å². The third-order valence-electron chi connectivity index (χ3n) is 2.85. The molecular formula is C13H16ClN3. The maximum Gasteiger partial charge on any atom is 0.0865 e. The Bertz CT molecular complexity index is 531. The summed E-state index contributed by atoms with van der Waals surface area (Å²) in [5.41, 5.74) is 4.23. The van der Waals surface area contributed by atoms with Gasteiger partial charge in [-0.05, 0) is 25.5 Å². The van der Waals surface area contributed by atoms with Crippen molar-refractivity contribution in [1.29, 1.82) is 0 Å². The van der Waals surface area contributed by atoms with Crippen LogP contribution in [0, 0.1) is 13.8 Å². The molecule has 1 aromatic carbocycles. The Labute approximate surface area is 106 Å². The van der Waals surface area contributed by atoms with Crippen LogP contribution < -0.4 is 5.32 Å². The lowest BCUT2D eigenvalue weighted by molar-refractivity contribution is 0.713. The Morgan fingerprint density at radius 1 is 1.29 bits per heavy atom. The number of anilines is 1. The number of rotatable bonds is 3. The minimum absolute atomic E-state index is 0.682. The van der Waals surface area contributed by atoms with Crippen LogP contribution >= 0.6 is 11.6 Å². The number of nitrogens with zero attached hydrogens (tertiary/aromatic N) is 2. The van der Waals surface area contributed by atoms with Gasteiger partial charge < -0.3 is 5.32 Å². The van der Waals surface area contributed by atoms with Gasteiger partial charge in [-0.2, -0.15) is 5.10 Å². The normalized spacial score (nSPS) is 10.6. The van der Waals surface area contributed by atoms with Crippen LogP contribution in [-0.4, -0.2) is 9.78 Å². The van der Waals surface area contributed by atoms with E-state index in [2.05, 4.69) is 29.5 Å². The van der Waals surface area contributed by atoms with Gasteiger partial charge in [0, 0.05) is 12.7 Å². The molecule has 0 radical (unpaired) electrons. The fourth-order valence-electron chi connectivity index (χ4n) is 1.82. The van der Waals surface area contributed by atoms with E-state index >= 15 is 0 Å². The molecule has 0 fully saturated rings. The summed E-state index contributed by atoms with van der Waals surface area (Å²) in [5.74, 6) is 0. The quantitative estimate of drug-likeness (QED) is 0.905. The highest BCUT2D eigenvalue weighted by Crippen LogP contribution is 2.21. The molecule has 1 N–H and O–H groups in total. The summed E-state index contributed by atoms with van der Waals surface area (Å²) in [6.07, 6.45) is 0. The molecule has 4 heteroatoms. The SMILES string of the molecule is Cc1ccccc1NCc1c(Cl)c(C)nn1C. The van der Waals surface area contributed by atoms with Crippen molar-refractivity contribution >= 4 is 17.3 Å². The Morgan fingerprint density at radius 2 is 2.00 bits per heavy atom. The van der Waals surface area contributed by atoms with E-state index in [4.69, 9.17) is 11.6 Å².